The molecular formula is C17H17N3O8S. The molecule has 154 valence electrons. The summed E-state index contributed by atoms with van der Waals surface area (Å²) in [5.41, 5.74) is -0.149. The third-order valence-electron chi connectivity index (χ3n) is 3.90. The highest BCUT2D eigenvalue weighted by atomic mass is 32.2. The Bertz CT molecular complexity index is 977. The molecule has 0 unspecified atom stereocenters. The van der Waals surface area contributed by atoms with Crippen LogP contribution >= 0.6 is 0 Å². The first-order valence-corrected chi connectivity index (χ1v) is 9.53. The second-order valence-corrected chi connectivity index (χ2v) is 7.30. The lowest BCUT2D eigenvalue weighted by Gasteiger charge is -2.24. The number of ether oxygens (including phenoxy) is 2. The van der Waals surface area contributed by atoms with Crippen molar-refractivity contribution in [1.82, 2.24) is 9.71 Å². The van der Waals surface area contributed by atoms with Crippen LogP contribution in [0.1, 0.15) is 11.6 Å². The van der Waals surface area contributed by atoms with Gasteiger partial charge in [-0.3, -0.25) is 19.7 Å². The Hall–Kier alpha value is -3.38. The summed E-state index contributed by atoms with van der Waals surface area (Å²) in [5, 5.41) is 10.5. The fraction of sp³-hybridized carbons (Fsp3) is 0.235. The molecule has 1 heterocycles. The molecule has 0 aliphatic heterocycles. The summed E-state index contributed by atoms with van der Waals surface area (Å²) in [5.74, 6) is -3.81. The summed E-state index contributed by atoms with van der Waals surface area (Å²) in [6.07, 6.45) is 1.26. The standard InChI is InChI=1S/C17H17N3O8S/c1-27-16(21)14(17(22)28-2)15(11-6-8-12(9-7-11)20(23)24)19-29(25,26)13-5-3-4-10-18-13/h3-10,14-15,19H,1-2H3/t15-/m1/s1. The van der Waals surface area contributed by atoms with Crippen molar-refractivity contribution in [3.8, 4) is 0 Å². The van der Waals surface area contributed by atoms with Gasteiger partial charge in [-0.25, -0.2) is 18.1 Å². The topological polar surface area (TPSA) is 155 Å². The molecule has 0 spiro atoms. The van der Waals surface area contributed by atoms with E-state index in [4.69, 9.17) is 0 Å². The van der Waals surface area contributed by atoms with Gasteiger partial charge in [0.2, 0.25) is 0 Å². The van der Waals surface area contributed by atoms with Gasteiger partial charge in [-0.1, -0.05) is 18.2 Å². The van der Waals surface area contributed by atoms with E-state index in [2.05, 4.69) is 19.2 Å². The molecule has 29 heavy (non-hydrogen) atoms. The van der Waals surface area contributed by atoms with E-state index in [1.54, 1.807) is 0 Å². The van der Waals surface area contributed by atoms with Crippen LogP contribution in [0, 0.1) is 16.0 Å². The number of nitro benzene ring substituents is 1. The summed E-state index contributed by atoms with van der Waals surface area (Å²) < 4.78 is 36.9. The first-order chi connectivity index (χ1) is 13.7. The molecule has 0 saturated carbocycles. The van der Waals surface area contributed by atoms with Gasteiger partial charge in [0.1, 0.15) is 0 Å². The van der Waals surface area contributed by atoms with Crippen molar-refractivity contribution in [2.45, 2.75) is 11.1 Å². The Balaban J connectivity index is 2.56. The van der Waals surface area contributed by atoms with Gasteiger partial charge in [0, 0.05) is 18.3 Å². The predicted molar refractivity (Wildman–Crippen MR) is 97.9 cm³/mol. The van der Waals surface area contributed by atoms with Crippen LogP contribution < -0.4 is 4.72 Å². The highest BCUT2D eigenvalue weighted by Crippen LogP contribution is 2.28. The maximum Gasteiger partial charge on any atom is 0.322 e. The van der Waals surface area contributed by atoms with Crippen molar-refractivity contribution >= 4 is 27.6 Å². The lowest BCUT2D eigenvalue weighted by Crippen LogP contribution is -2.41. The Morgan fingerprint density at radius 2 is 1.66 bits per heavy atom. The minimum atomic E-state index is -4.27. The maximum absolute atomic E-state index is 12.7. The number of aromatic nitrogens is 1. The Morgan fingerprint density at radius 3 is 2.10 bits per heavy atom. The molecule has 0 radical (unpaired) electrons. The third kappa shape index (κ3) is 5.12. The fourth-order valence-electron chi connectivity index (χ4n) is 2.49. The fourth-order valence-corrected chi connectivity index (χ4v) is 3.67. The second-order valence-electron chi connectivity index (χ2n) is 5.64. The lowest BCUT2D eigenvalue weighted by molar-refractivity contribution is -0.384. The number of sulfonamides is 1. The average Bonchev–Trinajstić information content (AvgIpc) is 2.73. The number of pyridine rings is 1. The average molecular weight is 423 g/mol. The van der Waals surface area contributed by atoms with Gasteiger partial charge in [-0.05, 0) is 17.7 Å². The molecule has 2 rings (SSSR count). The zero-order valence-corrected chi connectivity index (χ0v) is 16.2. The van der Waals surface area contributed by atoms with Crippen molar-refractivity contribution in [3.63, 3.8) is 0 Å². The molecule has 11 nitrogen and oxygen atoms in total. The molecule has 0 amide bonds. The molecule has 12 heteroatoms. The molecule has 1 aromatic heterocycles. The van der Waals surface area contributed by atoms with Crippen molar-refractivity contribution in [2.75, 3.05) is 14.2 Å². The van der Waals surface area contributed by atoms with Crippen LogP contribution in [0.25, 0.3) is 0 Å². The SMILES string of the molecule is COC(=O)C(C(=O)OC)[C@H](NS(=O)(=O)c1ccccn1)c1ccc([N+](=O)[O-])cc1. The molecule has 0 aliphatic rings. The van der Waals surface area contributed by atoms with Crippen LogP contribution in [0.3, 0.4) is 0 Å². The van der Waals surface area contributed by atoms with E-state index in [0.717, 1.165) is 26.4 Å². The van der Waals surface area contributed by atoms with E-state index in [1.807, 2.05) is 0 Å². The van der Waals surface area contributed by atoms with Gasteiger partial charge in [0.05, 0.1) is 25.2 Å². The highest BCUT2D eigenvalue weighted by molar-refractivity contribution is 7.89. The van der Waals surface area contributed by atoms with E-state index >= 15 is 0 Å². The molecule has 0 saturated heterocycles. The number of hydrogen-bond acceptors (Lipinski definition) is 9. The normalized spacial score (nSPS) is 12.2. The van der Waals surface area contributed by atoms with Crippen molar-refractivity contribution < 1.29 is 32.4 Å². The van der Waals surface area contributed by atoms with Crippen molar-refractivity contribution in [3.05, 3.63) is 64.3 Å². The monoisotopic (exact) mass is 423 g/mol. The predicted octanol–water partition coefficient (Wildman–Crippen LogP) is 0.972. The number of esters is 2. The second kappa shape index (κ2) is 9.21. The smallest absolute Gasteiger partial charge is 0.322 e. The number of carbonyl (C=O) groups is 2. The molecule has 0 fully saturated rings. The van der Waals surface area contributed by atoms with E-state index in [0.29, 0.717) is 0 Å². The van der Waals surface area contributed by atoms with Gasteiger partial charge in [-0.2, -0.15) is 0 Å². The number of hydrogen-bond donors (Lipinski definition) is 1. The Labute approximate surface area is 165 Å². The zero-order chi connectivity index (χ0) is 21.6. The number of methoxy groups -OCH3 is 2. The van der Waals surface area contributed by atoms with E-state index < -0.39 is 38.8 Å². The van der Waals surface area contributed by atoms with Gasteiger partial charge in [0.15, 0.2) is 10.9 Å². The summed E-state index contributed by atoms with van der Waals surface area (Å²) in [4.78, 5) is 38.5. The van der Waals surface area contributed by atoms with Crippen LogP contribution in [0.2, 0.25) is 0 Å². The van der Waals surface area contributed by atoms with E-state index in [1.165, 1.54) is 36.5 Å². The number of carbonyl (C=O) groups excluding carboxylic acids is 2. The van der Waals surface area contributed by atoms with Crippen molar-refractivity contribution in [1.29, 1.82) is 0 Å². The van der Waals surface area contributed by atoms with Crippen LogP contribution in [0.15, 0.2) is 53.7 Å². The van der Waals surface area contributed by atoms with Gasteiger partial charge in [-0.15, -0.1) is 0 Å². The Kier molecular flexibility index (Phi) is 6.96. The molecule has 0 aliphatic carbocycles. The molecule has 2 aromatic rings. The zero-order valence-electron chi connectivity index (χ0n) is 15.3. The van der Waals surface area contributed by atoms with E-state index in [-0.39, 0.29) is 16.3 Å². The largest absolute Gasteiger partial charge is 0.468 e. The lowest BCUT2D eigenvalue weighted by atomic mass is 9.93. The number of nitrogens with zero attached hydrogens (tertiary/aromatic N) is 2. The Morgan fingerprint density at radius 1 is 1.07 bits per heavy atom. The molecule has 1 N–H and O–H groups in total. The maximum atomic E-state index is 12.7. The minimum absolute atomic E-state index is 0.107. The molecule has 0 bridgehead atoms. The number of nitro groups is 1. The first kappa shape index (κ1) is 21.9. The minimum Gasteiger partial charge on any atom is -0.468 e. The number of non-ortho nitro benzene ring substituents is 1. The molecular weight excluding hydrogens is 406 g/mol. The summed E-state index contributed by atoms with van der Waals surface area (Å²) in [6.45, 7) is 0. The van der Waals surface area contributed by atoms with Crippen LogP contribution in [-0.4, -0.2) is 44.5 Å². The van der Waals surface area contributed by atoms with Crippen LogP contribution in [-0.2, 0) is 29.1 Å². The third-order valence-corrected chi connectivity index (χ3v) is 5.26. The molecule has 1 atom stereocenters. The number of benzene rings is 1. The number of nitrogens with one attached hydrogen (secondary N) is 1. The molecule has 1 aromatic carbocycles. The summed E-state index contributed by atoms with van der Waals surface area (Å²) in [6, 6.07) is 7.39. The van der Waals surface area contributed by atoms with Gasteiger partial charge < -0.3 is 9.47 Å². The first-order valence-electron chi connectivity index (χ1n) is 8.04. The van der Waals surface area contributed by atoms with E-state index in [9.17, 15) is 28.1 Å². The van der Waals surface area contributed by atoms with Crippen LogP contribution in [0.5, 0.6) is 0 Å². The van der Waals surface area contributed by atoms with Gasteiger partial charge >= 0.3 is 11.9 Å². The summed E-state index contributed by atoms with van der Waals surface area (Å²) >= 11 is 0. The van der Waals surface area contributed by atoms with Crippen molar-refractivity contribution in [2.24, 2.45) is 5.92 Å². The van der Waals surface area contributed by atoms with Crippen LogP contribution in [0.4, 0.5) is 5.69 Å². The van der Waals surface area contributed by atoms with Gasteiger partial charge in [0.25, 0.3) is 15.7 Å². The number of rotatable bonds is 8. The summed E-state index contributed by atoms with van der Waals surface area (Å²) in [7, 11) is -2.22. The highest BCUT2D eigenvalue weighted by Gasteiger charge is 2.40. The quantitative estimate of drug-likeness (QED) is 0.283.